The first-order chi connectivity index (χ1) is 14.7. The van der Waals surface area contributed by atoms with Crippen LogP contribution in [0.1, 0.15) is 30.7 Å². The average Bonchev–Trinajstić information content (AvgIpc) is 3.36. The van der Waals surface area contributed by atoms with Gasteiger partial charge in [-0.25, -0.2) is 14.3 Å². The van der Waals surface area contributed by atoms with Gasteiger partial charge < -0.3 is 10.7 Å². The molecule has 2 aromatic carbocycles. The van der Waals surface area contributed by atoms with Crippen molar-refractivity contribution in [1.29, 1.82) is 0 Å². The van der Waals surface area contributed by atoms with E-state index < -0.39 is 34.1 Å². The summed E-state index contributed by atoms with van der Waals surface area (Å²) in [5.41, 5.74) is 5.98. The Labute approximate surface area is 176 Å². The highest BCUT2D eigenvalue weighted by Gasteiger charge is 2.55. The van der Waals surface area contributed by atoms with E-state index in [0.717, 1.165) is 17.1 Å². The Kier molecular flexibility index (Phi) is 5.30. The molecule has 1 unspecified atom stereocenters. The molecule has 0 spiro atoms. The fourth-order valence-electron chi connectivity index (χ4n) is 4.60. The topological polar surface area (TPSA) is 88.8 Å². The number of carbonyl (C=O) groups is 2. The lowest BCUT2D eigenvalue weighted by Crippen LogP contribution is -2.62. The molecule has 0 aliphatic carbocycles. The molecule has 31 heavy (non-hydrogen) atoms. The van der Waals surface area contributed by atoms with Crippen LogP contribution < -0.4 is 10.2 Å². The van der Waals surface area contributed by atoms with E-state index in [1.54, 1.807) is 0 Å². The molecule has 1 saturated heterocycles. The minimum absolute atomic E-state index is 0.0736. The van der Waals surface area contributed by atoms with Crippen molar-refractivity contribution in [2.45, 2.75) is 37.9 Å². The van der Waals surface area contributed by atoms with Crippen molar-refractivity contribution in [3.05, 3.63) is 59.9 Å². The number of primary amides is 1. The third-order valence-electron chi connectivity index (χ3n) is 5.95. The number of H-pyrrole nitrogens is 1. The average molecular weight is 431 g/mol. The molecule has 1 aliphatic rings. The number of alkyl halides is 3. The van der Waals surface area contributed by atoms with Gasteiger partial charge in [0.1, 0.15) is 11.4 Å². The number of quaternary nitrogens is 1. The summed E-state index contributed by atoms with van der Waals surface area (Å²) >= 11 is 0. The Morgan fingerprint density at radius 2 is 1.84 bits per heavy atom. The zero-order valence-electron chi connectivity index (χ0n) is 16.7. The molecule has 1 aliphatic heterocycles. The molecule has 3 N–H and O–H groups in total. The second kappa shape index (κ2) is 7.81. The van der Waals surface area contributed by atoms with Crippen LogP contribution in [0.2, 0.25) is 0 Å². The van der Waals surface area contributed by atoms with Crippen molar-refractivity contribution < 1.29 is 22.8 Å². The quantitative estimate of drug-likeness (QED) is 0.604. The summed E-state index contributed by atoms with van der Waals surface area (Å²) in [5, 5.41) is 0. The summed E-state index contributed by atoms with van der Waals surface area (Å²) in [4.78, 5) is 33.3. The number of aromatic amines is 1. The number of amides is 2. The van der Waals surface area contributed by atoms with Gasteiger partial charge in [-0.3, -0.25) is 4.79 Å². The summed E-state index contributed by atoms with van der Waals surface area (Å²) in [7, 11) is 0. The van der Waals surface area contributed by atoms with Crippen LogP contribution in [0.25, 0.3) is 11.0 Å². The molecule has 9 heteroatoms. The van der Waals surface area contributed by atoms with E-state index in [9.17, 15) is 22.8 Å². The number of aromatic nitrogens is 2. The zero-order chi connectivity index (χ0) is 22.2. The molecule has 162 valence electrons. The number of hydrogen-bond donors (Lipinski definition) is 2. The lowest BCUT2D eigenvalue weighted by Gasteiger charge is -2.37. The van der Waals surface area contributed by atoms with Gasteiger partial charge in [-0.2, -0.15) is 13.2 Å². The van der Waals surface area contributed by atoms with E-state index in [-0.39, 0.29) is 31.5 Å². The maximum Gasteiger partial charge on any atom is 0.422 e. The normalized spacial score (nSPS) is 21.5. The molecular formula is C22H22F3N4O2+. The summed E-state index contributed by atoms with van der Waals surface area (Å²) in [6.07, 6.45) is -3.83. The molecule has 2 amide bonds. The van der Waals surface area contributed by atoms with Gasteiger partial charge in [0, 0.05) is 25.3 Å². The Morgan fingerprint density at radius 1 is 1.13 bits per heavy atom. The fraction of sp³-hybridized carbons (Fsp3) is 0.318. The summed E-state index contributed by atoms with van der Waals surface area (Å²) < 4.78 is 40.6. The van der Waals surface area contributed by atoms with Crippen molar-refractivity contribution in [3.63, 3.8) is 0 Å². The Morgan fingerprint density at radius 3 is 2.55 bits per heavy atom. The van der Waals surface area contributed by atoms with Crippen molar-refractivity contribution in [3.8, 4) is 0 Å². The first-order valence-corrected chi connectivity index (χ1v) is 10.0. The maximum atomic E-state index is 13.8. The number of rotatable bonds is 5. The molecule has 2 atom stereocenters. The predicted octanol–water partition coefficient (Wildman–Crippen LogP) is 3.70. The number of imidazole rings is 1. The molecule has 2 heterocycles. The fourth-order valence-corrected chi connectivity index (χ4v) is 4.60. The van der Waals surface area contributed by atoms with E-state index in [4.69, 9.17) is 5.73 Å². The number of nitrogens with zero attached hydrogens (tertiary/aromatic N) is 2. The van der Waals surface area contributed by atoms with Gasteiger partial charge in [0.15, 0.2) is 11.7 Å². The largest absolute Gasteiger partial charge is 0.422 e. The van der Waals surface area contributed by atoms with E-state index in [1.807, 2.05) is 24.3 Å². The molecule has 0 saturated carbocycles. The first-order valence-electron chi connectivity index (χ1n) is 10.0. The predicted molar refractivity (Wildman–Crippen MR) is 110 cm³/mol. The molecule has 4 rings (SSSR count). The van der Waals surface area contributed by atoms with Crippen LogP contribution in [0.15, 0.2) is 48.5 Å². The highest BCUT2D eigenvalue weighted by Crippen LogP contribution is 2.44. The number of fused-ring (bicyclic) bond motifs is 1. The Hall–Kier alpha value is -3.20. The Balaban J connectivity index is 1.72. The number of hydrogen-bond acceptors (Lipinski definition) is 3. The van der Waals surface area contributed by atoms with Gasteiger partial charge in [-0.1, -0.05) is 24.3 Å². The number of carbonyl (C=O) groups excluding carboxylic acids is 2. The summed E-state index contributed by atoms with van der Waals surface area (Å²) in [5.74, 6) is -0.684. The summed E-state index contributed by atoms with van der Waals surface area (Å²) in [6.45, 7) is 0.0969. The number of para-hydroxylation sites is 3. The van der Waals surface area contributed by atoms with E-state index in [1.165, 1.54) is 18.2 Å². The molecule has 3 aromatic rings. The minimum atomic E-state index is -4.66. The molecule has 6 nitrogen and oxygen atoms in total. The number of halogens is 3. The van der Waals surface area contributed by atoms with E-state index >= 15 is 0 Å². The smallest absolute Gasteiger partial charge is 0.364 e. The molecule has 0 radical (unpaired) electrons. The van der Waals surface area contributed by atoms with Gasteiger partial charge in [0.05, 0.1) is 24.0 Å². The van der Waals surface area contributed by atoms with Crippen molar-refractivity contribution in [2.75, 3.05) is 6.54 Å². The van der Waals surface area contributed by atoms with Gasteiger partial charge >= 0.3 is 12.1 Å². The molecule has 0 bridgehead atoms. The van der Waals surface area contributed by atoms with Crippen LogP contribution >= 0.6 is 0 Å². The van der Waals surface area contributed by atoms with E-state index in [2.05, 4.69) is 9.97 Å². The SMILES string of the molecule is NC(=O)[C@@H]1CCC[N+]1(C(=O)CCc1nc2ccccc2[nH]1)c1ccccc1C(F)(F)F. The number of likely N-dealkylation sites (tertiary alicyclic amines) is 1. The summed E-state index contributed by atoms with van der Waals surface area (Å²) in [6, 6.07) is 11.3. The van der Waals surface area contributed by atoms with E-state index in [0.29, 0.717) is 12.2 Å². The second-order valence-corrected chi connectivity index (χ2v) is 7.76. The van der Waals surface area contributed by atoms with Crippen LogP contribution in [-0.2, 0) is 22.2 Å². The highest BCUT2D eigenvalue weighted by atomic mass is 19.4. The zero-order valence-corrected chi connectivity index (χ0v) is 16.7. The van der Waals surface area contributed by atoms with Crippen molar-refractivity contribution in [2.24, 2.45) is 5.73 Å². The van der Waals surface area contributed by atoms with Crippen LogP contribution in [0.3, 0.4) is 0 Å². The number of aryl methyl sites for hydroxylation is 1. The standard InChI is InChI=1S/C22H21F3N4O2/c23-22(24,25)14-6-1-4-9-17(14)29(13-5-10-18(29)21(26)31)20(30)12-11-19-27-15-7-2-3-8-16(15)28-19/h1-4,6-9,18H,5,10-13H2,(H2-,26,27,28,31)/p+1/t18-,29?/m0/s1. The monoisotopic (exact) mass is 431 g/mol. The van der Waals surface area contributed by atoms with Crippen LogP contribution in [0, 0.1) is 0 Å². The van der Waals surface area contributed by atoms with Gasteiger partial charge in [0.25, 0.3) is 5.91 Å². The van der Waals surface area contributed by atoms with Crippen molar-refractivity contribution in [1.82, 2.24) is 14.5 Å². The maximum absolute atomic E-state index is 13.8. The third kappa shape index (κ3) is 3.69. The minimum Gasteiger partial charge on any atom is -0.364 e. The molecule has 1 aromatic heterocycles. The van der Waals surface area contributed by atoms with Gasteiger partial charge in [-0.05, 0) is 18.2 Å². The van der Waals surface area contributed by atoms with Gasteiger partial charge in [0.2, 0.25) is 0 Å². The van der Waals surface area contributed by atoms with Crippen LogP contribution in [0.5, 0.6) is 0 Å². The number of nitrogens with one attached hydrogen (secondary N) is 1. The lowest BCUT2D eigenvalue weighted by atomic mass is 10.0. The highest BCUT2D eigenvalue weighted by molar-refractivity contribution is 5.97. The van der Waals surface area contributed by atoms with Gasteiger partial charge in [-0.15, -0.1) is 0 Å². The Bertz CT molecular complexity index is 1110. The molecular weight excluding hydrogens is 409 g/mol. The van der Waals surface area contributed by atoms with Crippen LogP contribution in [-0.4, -0.2) is 34.4 Å². The second-order valence-electron chi connectivity index (χ2n) is 7.76. The first kappa shape index (κ1) is 21.0. The van der Waals surface area contributed by atoms with Crippen LogP contribution in [0.4, 0.5) is 18.9 Å². The lowest BCUT2D eigenvalue weighted by molar-refractivity contribution is -0.142. The van der Waals surface area contributed by atoms with Crippen molar-refractivity contribution >= 4 is 28.5 Å². The third-order valence-corrected chi connectivity index (χ3v) is 5.95. The molecule has 1 fully saturated rings. The number of nitrogens with two attached hydrogens (primary N) is 1. The number of benzene rings is 2.